The van der Waals surface area contributed by atoms with Crippen molar-refractivity contribution in [1.82, 2.24) is 0 Å². The zero-order chi connectivity index (χ0) is 13.9. The van der Waals surface area contributed by atoms with Crippen LogP contribution in [-0.2, 0) is 0 Å². The third-order valence-corrected chi connectivity index (χ3v) is 3.59. The van der Waals surface area contributed by atoms with Crippen LogP contribution < -0.4 is 11.1 Å². The molecule has 0 fully saturated rings. The highest BCUT2D eigenvalue weighted by Gasteiger charge is 1.98. The summed E-state index contributed by atoms with van der Waals surface area (Å²) in [6.45, 7) is 3.24. The number of hydrogen-bond donors (Lipinski definition) is 2. The fourth-order valence-corrected chi connectivity index (χ4v) is 2.36. The molecule has 0 heterocycles. The minimum absolute atomic E-state index is 0.690. The number of halogens is 1. The van der Waals surface area contributed by atoms with E-state index in [1.807, 2.05) is 12.1 Å². The molecule has 3 N–H and O–H groups in total. The van der Waals surface area contributed by atoms with Crippen LogP contribution in [0.4, 0.5) is 11.4 Å². The van der Waals surface area contributed by atoms with Crippen LogP contribution in [0, 0.1) is 0 Å². The number of rotatable bonds is 10. The van der Waals surface area contributed by atoms with Crippen LogP contribution in [0.2, 0.25) is 5.02 Å². The van der Waals surface area contributed by atoms with Crippen LogP contribution in [0.25, 0.3) is 0 Å². The van der Waals surface area contributed by atoms with Crippen LogP contribution in [0.3, 0.4) is 0 Å². The van der Waals surface area contributed by atoms with E-state index in [2.05, 4.69) is 12.2 Å². The standard InChI is InChI=1S/C16H27ClN2/c1-2-3-4-5-6-7-8-9-12-19-16-11-10-14(17)13-15(16)18/h10-11,13,19H,2-9,12,18H2,1H3. The van der Waals surface area contributed by atoms with Gasteiger partial charge in [-0.05, 0) is 24.6 Å². The Morgan fingerprint density at radius 1 is 1.00 bits per heavy atom. The molecule has 1 rings (SSSR count). The molecule has 0 spiro atoms. The zero-order valence-corrected chi connectivity index (χ0v) is 12.8. The molecule has 0 saturated heterocycles. The Labute approximate surface area is 122 Å². The summed E-state index contributed by atoms with van der Waals surface area (Å²) in [5, 5.41) is 4.06. The van der Waals surface area contributed by atoms with E-state index in [0.29, 0.717) is 5.02 Å². The topological polar surface area (TPSA) is 38.0 Å². The van der Waals surface area contributed by atoms with Crippen molar-refractivity contribution in [2.24, 2.45) is 0 Å². The van der Waals surface area contributed by atoms with E-state index >= 15 is 0 Å². The van der Waals surface area contributed by atoms with Gasteiger partial charge in [0.05, 0.1) is 11.4 Å². The summed E-state index contributed by atoms with van der Waals surface area (Å²) in [5.41, 5.74) is 7.61. The predicted molar refractivity (Wildman–Crippen MR) is 87.0 cm³/mol. The van der Waals surface area contributed by atoms with Crippen molar-refractivity contribution in [3.05, 3.63) is 23.2 Å². The molecule has 2 nitrogen and oxygen atoms in total. The largest absolute Gasteiger partial charge is 0.397 e. The third kappa shape index (κ3) is 7.31. The lowest BCUT2D eigenvalue weighted by Crippen LogP contribution is -2.04. The Morgan fingerprint density at radius 2 is 1.63 bits per heavy atom. The summed E-state index contributed by atoms with van der Waals surface area (Å²) >= 11 is 5.86. The van der Waals surface area contributed by atoms with Crippen molar-refractivity contribution in [3.8, 4) is 0 Å². The van der Waals surface area contributed by atoms with E-state index < -0.39 is 0 Å². The fraction of sp³-hybridized carbons (Fsp3) is 0.625. The van der Waals surface area contributed by atoms with E-state index in [1.54, 1.807) is 6.07 Å². The molecule has 108 valence electrons. The van der Waals surface area contributed by atoms with Gasteiger partial charge in [0, 0.05) is 11.6 Å². The summed E-state index contributed by atoms with van der Waals surface area (Å²) in [6, 6.07) is 5.61. The quantitative estimate of drug-likeness (QED) is 0.441. The molecule has 0 saturated carbocycles. The first-order chi connectivity index (χ1) is 9.24. The number of anilines is 2. The van der Waals surface area contributed by atoms with E-state index in [1.165, 1.54) is 51.4 Å². The molecule has 1 aromatic carbocycles. The summed E-state index contributed by atoms with van der Waals surface area (Å²) in [6.07, 6.45) is 10.7. The predicted octanol–water partition coefficient (Wildman–Crippen LogP) is 5.47. The Bertz CT molecular complexity index is 353. The van der Waals surface area contributed by atoms with Gasteiger partial charge in [-0.3, -0.25) is 0 Å². The summed E-state index contributed by atoms with van der Waals surface area (Å²) in [7, 11) is 0. The molecular weight excluding hydrogens is 256 g/mol. The van der Waals surface area contributed by atoms with E-state index in [0.717, 1.165) is 17.9 Å². The molecule has 0 amide bonds. The van der Waals surface area contributed by atoms with E-state index in [4.69, 9.17) is 17.3 Å². The lowest BCUT2D eigenvalue weighted by atomic mass is 10.1. The highest BCUT2D eigenvalue weighted by atomic mass is 35.5. The molecule has 0 aromatic heterocycles. The molecule has 0 bridgehead atoms. The Hall–Kier alpha value is -0.890. The van der Waals surface area contributed by atoms with Crippen molar-refractivity contribution in [1.29, 1.82) is 0 Å². The molecule has 3 heteroatoms. The van der Waals surface area contributed by atoms with Gasteiger partial charge in [0.25, 0.3) is 0 Å². The number of benzene rings is 1. The van der Waals surface area contributed by atoms with Crippen molar-refractivity contribution < 1.29 is 0 Å². The highest BCUT2D eigenvalue weighted by molar-refractivity contribution is 6.31. The van der Waals surface area contributed by atoms with E-state index in [9.17, 15) is 0 Å². The molecule has 0 aliphatic carbocycles. The van der Waals surface area contributed by atoms with Crippen molar-refractivity contribution in [2.75, 3.05) is 17.6 Å². The average Bonchev–Trinajstić information content (AvgIpc) is 2.39. The van der Waals surface area contributed by atoms with Crippen molar-refractivity contribution in [3.63, 3.8) is 0 Å². The minimum atomic E-state index is 0.690. The van der Waals surface area contributed by atoms with Gasteiger partial charge in [-0.15, -0.1) is 0 Å². The number of nitrogen functional groups attached to an aromatic ring is 1. The molecule has 0 aliphatic rings. The number of nitrogens with two attached hydrogens (primary N) is 1. The monoisotopic (exact) mass is 282 g/mol. The Balaban J connectivity index is 2.01. The maximum absolute atomic E-state index is 5.88. The normalized spacial score (nSPS) is 10.6. The average molecular weight is 283 g/mol. The van der Waals surface area contributed by atoms with Crippen LogP contribution in [0.5, 0.6) is 0 Å². The van der Waals surface area contributed by atoms with Crippen molar-refractivity contribution in [2.45, 2.75) is 58.3 Å². The smallest absolute Gasteiger partial charge is 0.0574 e. The first kappa shape index (κ1) is 16.2. The van der Waals surface area contributed by atoms with Crippen LogP contribution in [0.15, 0.2) is 18.2 Å². The van der Waals surface area contributed by atoms with Crippen molar-refractivity contribution >= 4 is 23.0 Å². The van der Waals surface area contributed by atoms with E-state index in [-0.39, 0.29) is 0 Å². The summed E-state index contributed by atoms with van der Waals surface area (Å²) in [4.78, 5) is 0. The highest BCUT2D eigenvalue weighted by Crippen LogP contribution is 2.22. The van der Waals surface area contributed by atoms with Gasteiger partial charge in [-0.1, -0.05) is 63.5 Å². The zero-order valence-electron chi connectivity index (χ0n) is 12.1. The molecule has 0 radical (unpaired) electrons. The van der Waals surface area contributed by atoms with Gasteiger partial charge in [0.15, 0.2) is 0 Å². The molecule has 19 heavy (non-hydrogen) atoms. The van der Waals surface area contributed by atoms with Gasteiger partial charge < -0.3 is 11.1 Å². The number of nitrogens with one attached hydrogen (secondary N) is 1. The van der Waals surface area contributed by atoms with Gasteiger partial charge in [-0.2, -0.15) is 0 Å². The lowest BCUT2D eigenvalue weighted by Gasteiger charge is -2.09. The number of hydrogen-bond acceptors (Lipinski definition) is 2. The first-order valence-corrected chi connectivity index (χ1v) is 7.90. The summed E-state index contributed by atoms with van der Waals surface area (Å²) < 4.78 is 0. The second kappa shape index (κ2) is 9.96. The van der Waals surface area contributed by atoms with Crippen LogP contribution in [0.1, 0.15) is 58.3 Å². The fourth-order valence-electron chi connectivity index (χ4n) is 2.18. The lowest BCUT2D eigenvalue weighted by molar-refractivity contribution is 0.581. The van der Waals surface area contributed by atoms with Gasteiger partial charge in [0.2, 0.25) is 0 Å². The van der Waals surface area contributed by atoms with Gasteiger partial charge in [-0.25, -0.2) is 0 Å². The van der Waals surface area contributed by atoms with Crippen LogP contribution in [-0.4, -0.2) is 6.54 Å². The van der Waals surface area contributed by atoms with Gasteiger partial charge in [0.1, 0.15) is 0 Å². The second-order valence-electron chi connectivity index (χ2n) is 5.13. The molecule has 0 aliphatic heterocycles. The second-order valence-corrected chi connectivity index (χ2v) is 5.57. The SMILES string of the molecule is CCCCCCCCCCNc1ccc(Cl)cc1N. The molecule has 0 unspecified atom stereocenters. The molecular formula is C16H27ClN2. The van der Waals surface area contributed by atoms with Gasteiger partial charge >= 0.3 is 0 Å². The number of unbranched alkanes of at least 4 members (excludes halogenated alkanes) is 7. The maximum Gasteiger partial charge on any atom is 0.0574 e. The third-order valence-electron chi connectivity index (χ3n) is 3.36. The maximum atomic E-state index is 5.88. The first-order valence-electron chi connectivity index (χ1n) is 7.53. The Morgan fingerprint density at radius 3 is 2.26 bits per heavy atom. The van der Waals surface area contributed by atoms with Crippen LogP contribution >= 0.6 is 11.6 Å². The molecule has 1 aromatic rings. The minimum Gasteiger partial charge on any atom is -0.397 e. The summed E-state index contributed by atoms with van der Waals surface area (Å²) in [5.74, 6) is 0. The molecule has 0 atom stereocenters. The Kier molecular flexibility index (Phi) is 8.48.